The van der Waals surface area contributed by atoms with E-state index < -0.39 is 6.29 Å². The Bertz CT molecular complexity index is 783. The van der Waals surface area contributed by atoms with Gasteiger partial charge in [-0.25, -0.2) is 4.68 Å². The van der Waals surface area contributed by atoms with E-state index in [1.165, 1.54) is 5.69 Å². The van der Waals surface area contributed by atoms with Crippen LogP contribution in [0.5, 0.6) is 0 Å². The molecule has 1 aliphatic rings. The predicted octanol–water partition coefficient (Wildman–Crippen LogP) is 2.00. The van der Waals surface area contributed by atoms with Crippen LogP contribution in [-0.4, -0.2) is 66.7 Å². The Kier molecular flexibility index (Phi) is 8.18. The number of morpholine rings is 1. The molecule has 0 aliphatic carbocycles. The minimum Gasteiger partial charge on any atom is -0.378 e. The molecule has 9 heteroatoms. The summed E-state index contributed by atoms with van der Waals surface area (Å²) in [5, 5.41) is 11.0. The lowest BCUT2D eigenvalue weighted by atomic mass is 10.1. The normalized spacial score (nSPS) is 15.4. The smallest absolute Gasteiger partial charge is 0.273 e. The highest BCUT2D eigenvalue weighted by Gasteiger charge is 2.17. The molecule has 30 heavy (non-hydrogen) atoms. The zero-order valence-electron chi connectivity index (χ0n) is 17.9. The highest BCUT2D eigenvalue weighted by Crippen LogP contribution is 2.20. The molecular weight excluding hydrogens is 386 g/mol. The Labute approximate surface area is 177 Å². The van der Waals surface area contributed by atoms with Gasteiger partial charge < -0.3 is 24.4 Å². The van der Waals surface area contributed by atoms with E-state index in [1.807, 2.05) is 32.9 Å². The molecule has 164 valence electrons. The monoisotopic (exact) mass is 417 g/mol. The molecule has 1 amide bonds. The molecule has 1 saturated heterocycles. The van der Waals surface area contributed by atoms with Crippen LogP contribution in [0.4, 0.5) is 5.69 Å². The Morgan fingerprint density at radius 2 is 1.83 bits per heavy atom. The minimum atomic E-state index is -0.415. The number of benzene rings is 1. The Morgan fingerprint density at radius 3 is 2.47 bits per heavy atom. The van der Waals surface area contributed by atoms with Gasteiger partial charge in [0.25, 0.3) is 5.91 Å². The third-order valence-corrected chi connectivity index (χ3v) is 4.93. The molecule has 3 rings (SSSR count). The zero-order valence-corrected chi connectivity index (χ0v) is 17.9. The predicted molar refractivity (Wildman–Crippen MR) is 112 cm³/mol. The summed E-state index contributed by atoms with van der Waals surface area (Å²) in [6, 6.07) is 8.10. The summed E-state index contributed by atoms with van der Waals surface area (Å²) < 4.78 is 18.0. The number of nitrogens with one attached hydrogen (secondary N) is 1. The third kappa shape index (κ3) is 6.01. The van der Waals surface area contributed by atoms with Crippen LogP contribution >= 0.6 is 0 Å². The summed E-state index contributed by atoms with van der Waals surface area (Å²) in [7, 11) is 0. The average molecular weight is 418 g/mol. The second-order valence-electron chi connectivity index (χ2n) is 7.05. The lowest BCUT2D eigenvalue weighted by Crippen LogP contribution is -2.36. The lowest BCUT2D eigenvalue weighted by molar-refractivity contribution is -0.145. The van der Waals surface area contributed by atoms with Crippen molar-refractivity contribution in [1.29, 1.82) is 0 Å². The van der Waals surface area contributed by atoms with Gasteiger partial charge in [0.15, 0.2) is 12.0 Å². The fourth-order valence-electron chi connectivity index (χ4n) is 3.32. The highest BCUT2D eigenvalue weighted by molar-refractivity contribution is 5.92. The van der Waals surface area contributed by atoms with E-state index >= 15 is 0 Å². The van der Waals surface area contributed by atoms with Crippen LogP contribution in [0, 0.1) is 0 Å². The lowest BCUT2D eigenvalue weighted by Gasteiger charge is -2.29. The molecule has 0 spiro atoms. The van der Waals surface area contributed by atoms with Gasteiger partial charge in [-0.1, -0.05) is 17.3 Å². The van der Waals surface area contributed by atoms with Crippen LogP contribution in [0.1, 0.15) is 42.9 Å². The maximum absolute atomic E-state index is 12.6. The van der Waals surface area contributed by atoms with Crippen molar-refractivity contribution < 1.29 is 19.0 Å². The van der Waals surface area contributed by atoms with E-state index in [9.17, 15) is 4.79 Å². The van der Waals surface area contributed by atoms with Crippen LogP contribution in [-0.2, 0) is 20.8 Å². The van der Waals surface area contributed by atoms with Gasteiger partial charge in [-0.3, -0.25) is 4.79 Å². The van der Waals surface area contributed by atoms with Crippen molar-refractivity contribution >= 4 is 11.6 Å². The van der Waals surface area contributed by atoms with E-state index in [0.717, 1.165) is 31.9 Å². The number of anilines is 1. The first-order chi connectivity index (χ1) is 14.6. The molecule has 1 atom stereocenters. The second kappa shape index (κ2) is 11.1. The molecule has 9 nitrogen and oxygen atoms in total. The largest absolute Gasteiger partial charge is 0.378 e. The standard InChI is InChI=1S/C21H31N5O4/c1-4-29-20(30-5-2)15-26-14-19(23-24-26)21(27)22-16(3)17-6-8-18(9-7-17)25-10-12-28-13-11-25/h6-9,14,16,20H,4-5,10-13,15H2,1-3H3,(H,22,27)/t16-/m0/s1. The van der Waals surface area contributed by atoms with Crippen molar-refractivity contribution in [3.63, 3.8) is 0 Å². The molecule has 0 unspecified atom stereocenters. The number of amides is 1. The third-order valence-electron chi connectivity index (χ3n) is 4.93. The quantitative estimate of drug-likeness (QED) is 0.591. The van der Waals surface area contributed by atoms with Gasteiger partial charge in [0, 0.05) is 32.0 Å². The average Bonchev–Trinajstić information content (AvgIpc) is 3.23. The minimum absolute atomic E-state index is 0.152. The van der Waals surface area contributed by atoms with Crippen molar-refractivity contribution in [3.05, 3.63) is 41.7 Å². The summed E-state index contributed by atoms with van der Waals surface area (Å²) in [6.45, 7) is 10.5. The first kappa shape index (κ1) is 22.2. The number of carbonyl (C=O) groups excluding carboxylic acids is 1. The van der Waals surface area contributed by atoms with E-state index in [4.69, 9.17) is 14.2 Å². The summed E-state index contributed by atoms with van der Waals surface area (Å²) in [6.07, 6.45) is 1.19. The molecule has 0 saturated carbocycles. The van der Waals surface area contributed by atoms with E-state index in [2.05, 4.69) is 32.7 Å². The summed E-state index contributed by atoms with van der Waals surface area (Å²) in [5.41, 5.74) is 2.46. The number of aromatic nitrogens is 3. The molecule has 1 aromatic carbocycles. The maximum Gasteiger partial charge on any atom is 0.273 e. The Hall–Kier alpha value is -2.49. The first-order valence-electron chi connectivity index (χ1n) is 10.5. The fraction of sp³-hybridized carbons (Fsp3) is 0.571. The van der Waals surface area contributed by atoms with Crippen LogP contribution in [0.2, 0.25) is 0 Å². The van der Waals surface area contributed by atoms with Gasteiger partial charge in [-0.2, -0.15) is 0 Å². The fourth-order valence-corrected chi connectivity index (χ4v) is 3.32. The summed E-state index contributed by atoms with van der Waals surface area (Å²) >= 11 is 0. The van der Waals surface area contributed by atoms with E-state index in [0.29, 0.717) is 19.8 Å². The van der Waals surface area contributed by atoms with Gasteiger partial charge in [-0.15, -0.1) is 5.10 Å². The van der Waals surface area contributed by atoms with Crippen LogP contribution < -0.4 is 10.2 Å². The number of ether oxygens (including phenoxy) is 3. The van der Waals surface area contributed by atoms with Crippen molar-refractivity contribution in [3.8, 4) is 0 Å². The molecule has 1 fully saturated rings. The summed E-state index contributed by atoms with van der Waals surface area (Å²) in [4.78, 5) is 14.9. The van der Waals surface area contributed by atoms with Gasteiger partial charge >= 0.3 is 0 Å². The van der Waals surface area contributed by atoms with Crippen molar-refractivity contribution in [2.24, 2.45) is 0 Å². The number of nitrogens with zero attached hydrogens (tertiary/aromatic N) is 4. The zero-order chi connectivity index (χ0) is 21.3. The molecule has 0 bridgehead atoms. The molecule has 1 aromatic heterocycles. The number of carbonyl (C=O) groups is 1. The van der Waals surface area contributed by atoms with Gasteiger partial charge in [0.2, 0.25) is 0 Å². The topological polar surface area (TPSA) is 90.7 Å². The van der Waals surface area contributed by atoms with Crippen molar-refractivity contribution in [2.45, 2.75) is 39.6 Å². The van der Waals surface area contributed by atoms with Gasteiger partial charge in [-0.05, 0) is 38.5 Å². The molecular formula is C21H31N5O4. The van der Waals surface area contributed by atoms with Gasteiger partial charge in [0.05, 0.1) is 32.0 Å². The summed E-state index contributed by atoms with van der Waals surface area (Å²) in [5.74, 6) is -0.268. The maximum atomic E-state index is 12.6. The molecule has 1 aliphatic heterocycles. The van der Waals surface area contributed by atoms with E-state index in [1.54, 1.807) is 10.9 Å². The SMILES string of the molecule is CCOC(Cn1cc(C(=O)N[C@@H](C)c2ccc(N3CCOCC3)cc2)nn1)OCC. The van der Waals surface area contributed by atoms with Crippen molar-refractivity contribution in [2.75, 3.05) is 44.4 Å². The number of rotatable bonds is 10. The molecule has 0 radical (unpaired) electrons. The number of hydrogen-bond donors (Lipinski definition) is 1. The Morgan fingerprint density at radius 1 is 1.17 bits per heavy atom. The molecule has 1 N–H and O–H groups in total. The Balaban J connectivity index is 1.55. The van der Waals surface area contributed by atoms with Crippen LogP contribution in [0.15, 0.2) is 30.5 Å². The van der Waals surface area contributed by atoms with Crippen molar-refractivity contribution in [1.82, 2.24) is 20.3 Å². The molecule has 2 heterocycles. The first-order valence-corrected chi connectivity index (χ1v) is 10.5. The molecule has 2 aromatic rings. The highest BCUT2D eigenvalue weighted by atomic mass is 16.7. The van der Waals surface area contributed by atoms with Crippen LogP contribution in [0.3, 0.4) is 0 Å². The van der Waals surface area contributed by atoms with E-state index in [-0.39, 0.29) is 17.6 Å². The number of hydrogen-bond acceptors (Lipinski definition) is 7. The van der Waals surface area contributed by atoms with Crippen LogP contribution in [0.25, 0.3) is 0 Å². The van der Waals surface area contributed by atoms with Gasteiger partial charge in [0.1, 0.15) is 0 Å². The second-order valence-corrected chi connectivity index (χ2v) is 7.05.